The SMILES string of the molecule is C/C=C(\[O-])C(C)C.[Cl-].[Cl-].[Cl-].[Ti+4]. The van der Waals surface area contributed by atoms with Crippen LogP contribution in [-0.4, -0.2) is 0 Å². The molecule has 0 aliphatic heterocycles. The van der Waals surface area contributed by atoms with Crippen molar-refractivity contribution < 1.29 is 64.0 Å². The van der Waals surface area contributed by atoms with Crippen LogP contribution in [0.15, 0.2) is 11.8 Å². The summed E-state index contributed by atoms with van der Waals surface area (Å²) >= 11 is 0. The third kappa shape index (κ3) is 18.2. The number of rotatable bonds is 1. The van der Waals surface area contributed by atoms with Crippen LogP contribution in [0.25, 0.3) is 0 Å². The smallest absolute Gasteiger partial charge is 1.00 e. The summed E-state index contributed by atoms with van der Waals surface area (Å²) in [4.78, 5) is 0. The molecule has 0 aliphatic rings. The predicted octanol–water partition coefficient (Wildman–Crippen LogP) is -8.08. The van der Waals surface area contributed by atoms with Gasteiger partial charge < -0.3 is 42.3 Å². The van der Waals surface area contributed by atoms with E-state index in [1.807, 2.05) is 13.8 Å². The van der Waals surface area contributed by atoms with Gasteiger partial charge in [-0.2, -0.15) is 0 Å². The first-order chi connectivity index (χ1) is 3.18. The van der Waals surface area contributed by atoms with Crippen molar-refractivity contribution in [1.29, 1.82) is 0 Å². The third-order valence-corrected chi connectivity index (χ3v) is 0.854. The Bertz CT molecular complexity index is 85.9. The van der Waals surface area contributed by atoms with Gasteiger partial charge in [0.05, 0.1) is 0 Å². The number of hydrogen-bond acceptors (Lipinski definition) is 1. The molecule has 0 saturated heterocycles. The molecular formula is C6H11Cl3OTi. The largest absolute Gasteiger partial charge is 4.00 e. The van der Waals surface area contributed by atoms with E-state index in [4.69, 9.17) is 0 Å². The van der Waals surface area contributed by atoms with Crippen molar-refractivity contribution in [2.24, 2.45) is 5.92 Å². The molecule has 0 fully saturated rings. The monoisotopic (exact) mass is 252 g/mol. The van der Waals surface area contributed by atoms with Gasteiger partial charge in [0.15, 0.2) is 0 Å². The molecular weight excluding hydrogens is 242 g/mol. The van der Waals surface area contributed by atoms with Crippen molar-refractivity contribution >= 4 is 0 Å². The van der Waals surface area contributed by atoms with Gasteiger partial charge in [0, 0.05) is 0 Å². The quantitative estimate of drug-likeness (QED) is 0.336. The van der Waals surface area contributed by atoms with Crippen LogP contribution in [0.3, 0.4) is 0 Å². The molecule has 0 aliphatic carbocycles. The molecule has 0 heterocycles. The molecule has 0 radical (unpaired) electrons. The van der Waals surface area contributed by atoms with Crippen molar-refractivity contribution in [3.05, 3.63) is 11.8 Å². The van der Waals surface area contributed by atoms with Crippen molar-refractivity contribution in [3.8, 4) is 0 Å². The Morgan fingerprint density at radius 2 is 1.45 bits per heavy atom. The molecule has 0 saturated carbocycles. The van der Waals surface area contributed by atoms with Crippen molar-refractivity contribution in [2.75, 3.05) is 0 Å². The van der Waals surface area contributed by atoms with E-state index in [1.54, 1.807) is 13.0 Å². The molecule has 66 valence electrons. The van der Waals surface area contributed by atoms with Gasteiger partial charge in [-0.25, -0.2) is 0 Å². The zero-order chi connectivity index (χ0) is 5.86. The third-order valence-electron chi connectivity index (χ3n) is 0.854. The summed E-state index contributed by atoms with van der Waals surface area (Å²) < 4.78 is 0. The van der Waals surface area contributed by atoms with Gasteiger partial charge in [-0.1, -0.05) is 19.9 Å². The van der Waals surface area contributed by atoms with E-state index < -0.39 is 0 Å². The molecule has 5 heteroatoms. The van der Waals surface area contributed by atoms with E-state index in [2.05, 4.69) is 0 Å². The van der Waals surface area contributed by atoms with E-state index in [0.29, 0.717) is 0 Å². The molecule has 0 amide bonds. The molecule has 1 nitrogen and oxygen atoms in total. The minimum atomic E-state index is 0. The Balaban J connectivity index is -0.0000000300. The molecule has 0 spiro atoms. The van der Waals surface area contributed by atoms with E-state index in [1.165, 1.54) is 0 Å². The van der Waals surface area contributed by atoms with E-state index in [-0.39, 0.29) is 70.6 Å². The zero-order valence-corrected chi connectivity index (χ0v) is 10.5. The van der Waals surface area contributed by atoms with Crippen molar-refractivity contribution in [1.82, 2.24) is 0 Å². The summed E-state index contributed by atoms with van der Waals surface area (Å²) in [5.41, 5.74) is 0. The van der Waals surface area contributed by atoms with E-state index in [0.717, 1.165) is 0 Å². The first-order valence-electron chi connectivity index (χ1n) is 2.51. The van der Waals surface area contributed by atoms with Gasteiger partial charge in [0.2, 0.25) is 0 Å². The molecule has 0 aromatic rings. The number of allylic oxidation sites excluding steroid dienone is 2. The Labute approximate surface area is 102 Å². The fourth-order valence-electron chi connectivity index (χ4n) is 0.333. The van der Waals surface area contributed by atoms with Crippen LogP contribution in [-0.2, 0) is 21.7 Å². The Morgan fingerprint density at radius 3 is 1.45 bits per heavy atom. The van der Waals surface area contributed by atoms with E-state index >= 15 is 0 Å². The molecule has 0 N–H and O–H groups in total. The van der Waals surface area contributed by atoms with Crippen LogP contribution in [0.2, 0.25) is 0 Å². The average Bonchev–Trinajstić information content (AvgIpc) is 1.65. The van der Waals surface area contributed by atoms with Crippen LogP contribution < -0.4 is 42.3 Å². The Kier molecular flexibility index (Phi) is 46.4. The van der Waals surface area contributed by atoms with Gasteiger partial charge in [0.25, 0.3) is 0 Å². The fraction of sp³-hybridized carbons (Fsp3) is 0.667. The second kappa shape index (κ2) is 17.3. The summed E-state index contributed by atoms with van der Waals surface area (Å²) in [5.74, 6) is 0.394. The normalized spacial score (nSPS) is 8.18. The summed E-state index contributed by atoms with van der Waals surface area (Å²) in [5, 5.41) is 10.5. The van der Waals surface area contributed by atoms with Crippen molar-refractivity contribution in [3.63, 3.8) is 0 Å². The topological polar surface area (TPSA) is 23.1 Å². The summed E-state index contributed by atoms with van der Waals surface area (Å²) in [7, 11) is 0. The molecule has 0 bridgehead atoms. The van der Waals surface area contributed by atoms with Gasteiger partial charge in [0.1, 0.15) is 0 Å². The number of halogens is 3. The van der Waals surface area contributed by atoms with Gasteiger partial charge in [-0.15, -0.1) is 5.76 Å². The Hall–Kier alpha value is 1.12. The minimum Gasteiger partial charge on any atom is -1.00 e. The van der Waals surface area contributed by atoms with Gasteiger partial charge in [-0.3, -0.25) is 0 Å². The predicted molar refractivity (Wildman–Crippen MR) is 28.6 cm³/mol. The van der Waals surface area contributed by atoms with Gasteiger partial charge in [-0.05, 0) is 12.8 Å². The van der Waals surface area contributed by atoms with Crippen LogP contribution >= 0.6 is 0 Å². The number of hydrogen-bond donors (Lipinski definition) is 0. The molecule has 0 atom stereocenters. The fourth-order valence-corrected chi connectivity index (χ4v) is 0.333. The molecule has 11 heavy (non-hydrogen) atoms. The Morgan fingerprint density at radius 1 is 1.18 bits per heavy atom. The first-order valence-corrected chi connectivity index (χ1v) is 2.51. The maximum absolute atomic E-state index is 10.5. The summed E-state index contributed by atoms with van der Waals surface area (Å²) in [6, 6.07) is 0. The standard InChI is InChI=1S/C6H12O.3ClH.Ti/c1-4-6(7)5(2)3;;;;/h4-5,7H,1-3H3;3*1H;/q;;;;+4/p-4/b6-4-;;;;. The first kappa shape index (κ1) is 29.6. The minimum absolute atomic E-state index is 0. The second-order valence-corrected chi connectivity index (χ2v) is 1.85. The van der Waals surface area contributed by atoms with Crippen molar-refractivity contribution in [2.45, 2.75) is 20.8 Å². The van der Waals surface area contributed by atoms with Gasteiger partial charge >= 0.3 is 21.7 Å². The maximum Gasteiger partial charge on any atom is 4.00 e. The second-order valence-electron chi connectivity index (χ2n) is 1.85. The average molecular weight is 253 g/mol. The molecule has 0 aromatic carbocycles. The summed E-state index contributed by atoms with van der Waals surface area (Å²) in [6.45, 7) is 5.55. The van der Waals surface area contributed by atoms with Crippen LogP contribution in [0.4, 0.5) is 0 Å². The van der Waals surface area contributed by atoms with E-state index in [9.17, 15) is 5.11 Å². The maximum atomic E-state index is 10.5. The molecule has 0 aromatic heterocycles. The molecule has 0 rings (SSSR count). The zero-order valence-electron chi connectivity index (χ0n) is 6.70. The summed E-state index contributed by atoms with van der Waals surface area (Å²) in [6.07, 6.45) is 1.60. The molecule has 0 unspecified atom stereocenters. The van der Waals surface area contributed by atoms with Crippen LogP contribution in [0.5, 0.6) is 0 Å². The van der Waals surface area contributed by atoms with Crippen LogP contribution in [0, 0.1) is 5.92 Å². The van der Waals surface area contributed by atoms with Crippen LogP contribution in [0.1, 0.15) is 20.8 Å².